The van der Waals surface area contributed by atoms with Gasteiger partial charge in [-0.25, -0.2) is 0 Å². The van der Waals surface area contributed by atoms with Gasteiger partial charge in [0.25, 0.3) is 0 Å². The van der Waals surface area contributed by atoms with Crippen LogP contribution in [0.2, 0.25) is 10.0 Å². The molecule has 0 radical (unpaired) electrons. The highest BCUT2D eigenvalue weighted by molar-refractivity contribution is 6.70. The van der Waals surface area contributed by atoms with Crippen LogP contribution in [-0.2, 0) is 0 Å². The second-order valence-electron chi connectivity index (χ2n) is 3.50. The minimum absolute atomic E-state index is 0.278. The molecule has 0 fully saturated rings. The zero-order valence-corrected chi connectivity index (χ0v) is 11.5. The summed E-state index contributed by atoms with van der Waals surface area (Å²) in [4.78, 5) is 0. The van der Waals surface area contributed by atoms with Crippen molar-refractivity contribution < 1.29 is 0 Å². The maximum absolute atomic E-state index is 6.07. The molecule has 2 nitrogen and oxygen atoms in total. The fourth-order valence-corrected chi connectivity index (χ4v) is 2.10. The molecular formula is C13H9Cl3N2. The first-order chi connectivity index (χ1) is 8.66. The van der Waals surface area contributed by atoms with E-state index >= 15 is 0 Å². The summed E-state index contributed by atoms with van der Waals surface area (Å²) >= 11 is 17.9. The largest absolute Gasteiger partial charge is 0.277 e. The van der Waals surface area contributed by atoms with E-state index in [-0.39, 0.29) is 5.17 Å². The normalized spacial score (nSPS) is 11.4. The molecule has 0 aliphatic heterocycles. The number of hydrogen-bond donors (Lipinski definition) is 1. The summed E-state index contributed by atoms with van der Waals surface area (Å²) < 4.78 is 0. The molecule has 0 heterocycles. The van der Waals surface area contributed by atoms with Gasteiger partial charge in [0, 0.05) is 10.6 Å². The second-order valence-corrected chi connectivity index (χ2v) is 4.71. The van der Waals surface area contributed by atoms with Crippen molar-refractivity contribution in [1.82, 2.24) is 0 Å². The molecule has 0 bridgehead atoms. The summed E-state index contributed by atoms with van der Waals surface area (Å²) in [5.74, 6) is 0. The van der Waals surface area contributed by atoms with Crippen molar-refractivity contribution in [3.8, 4) is 0 Å². The number of nitrogens with one attached hydrogen (secondary N) is 1. The molecule has 0 saturated heterocycles. The van der Waals surface area contributed by atoms with E-state index in [1.54, 1.807) is 18.2 Å². The quantitative estimate of drug-likeness (QED) is 0.625. The van der Waals surface area contributed by atoms with Crippen molar-refractivity contribution in [3.05, 3.63) is 64.1 Å². The van der Waals surface area contributed by atoms with Crippen LogP contribution in [0.1, 0.15) is 5.56 Å². The van der Waals surface area contributed by atoms with E-state index in [1.807, 2.05) is 30.3 Å². The van der Waals surface area contributed by atoms with Crippen molar-refractivity contribution >= 4 is 45.7 Å². The van der Waals surface area contributed by atoms with Crippen molar-refractivity contribution in [2.24, 2.45) is 5.10 Å². The molecule has 0 aliphatic carbocycles. The second kappa shape index (κ2) is 6.10. The van der Waals surface area contributed by atoms with Crippen LogP contribution in [0, 0.1) is 0 Å². The Morgan fingerprint density at radius 2 is 1.72 bits per heavy atom. The van der Waals surface area contributed by atoms with E-state index in [4.69, 9.17) is 34.8 Å². The molecule has 0 atom stereocenters. The molecule has 0 aromatic heterocycles. The van der Waals surface area contributed by atoms with Crippen LogP contribution in [0.25, 0.3) is 0 Å². The van der Waals surface area contributed by atoms with Crippen LogP contribution < -0.4 is 5.43 Å². The molecule has 0 spiro atoms. The molecule has 0 unspecified atom stereocenters. The molecule has 2 aromatic rings. The fourth-order valence-electron chi connectivity index (χ4n) is 1.34. The van der Waals surface area contributed by atoms with E-state index in [9.17, 15) is 0 Å². The molecule has 0 amide bonds. The summed E-state index contributed by atoms with van der Waals surface area (Å²) in [6.07, 6.45) is 0. The minimum atomic E-state index is 0.278. The SMILES string of the molecule is Cl/C(=N\Nc1ccccc1)c1ccc(Cl)cc1Cl. The molecular weight excluding hydrogens is 291 g/mol. The van der Waals surface area contributed by atoms with Gasteiger partial charge >= 0.3 is 0 Å². The van der Waals surface area contributed by atoms with E-state index in [0.29, 0.717) is 15.6 Å². The Bertz CT molecular complexity index is 568. The Kier molecular flexibility index (Phi) is 4.48. The highest BCUT2D eigenvalue weighted by Gasteiger charge is 2.06. The number of anilines is 1. The van der Waals surface area contributed by atoms with Gasteiger partial charge in [0.2, 0.25) is 0 Å². The summed E-state index contributed by atoms with van der Waals surface area (Å²) in [7, 11) is 0. The maximum Gasteiger partial charge on any atom is 0.158 e. The number of nitrogens with zero attached hydrogens (tertiary/aromatic N) is 1. The zero-order chi connectivity index (χ0) is 13.0. The number of hydrogen-bond acceptors (Lipinski definition) is 2. The standard InChI is InChI=1S/C13H9Cl3N2/c14-9-6-7-11(12(15)8-9)13(16)18-17-10-4-2-1-3-5-10/h1-8,17H/b18-13-. The summed E-state index contributed by atoms with van der Waals surface area (Å²) in [5.41, 5.74) is 4.33. The van der Waals surface area contributed by atoms with Crippen LogP contribution in [0.15, 0.2) is 53.6 Å². The lowest BCUT2D eigenvalue weighted by Gasteiger charge is -2.04. The number of benzene rings is 2. The average Bonchev–Trinajstić information content (AvgIpc) is 2.37. The Morgan fingerprint density at radius 1 is 1.00 bits per heavy atom. The van der Waals surface area contributed by atoms with Gasteiger partial charge in [-0.05, 0) is 30.3 Å². The average molecular weight is 300 g/mol. The third kappa shape index (κ3) is 3.39. The van der Waals surface area contributed by atoms with Crippen molar-refractivity contribution in [1.29, 1.82) is 0 Å². The predicted molar refractivity (Wildman–Crippen MR) is 78.9 cm³/mol. The van der Waals surface area contributed by atoms with Crippen LogP contribution in [0.5, 0.6) is 0 Å². The van der Waals surface area contributed by atoms with Crippen molar-refractivity contribution in [3.63, 3.8) is 0 Å². The van der Waals surface area contributed by atoms with Gasteiger partial charge in [0.1, 0.15) is 0 Å². The van der Waals surface area contributed by atoms with Crippen molar-refractivity contribution in [2.45, 2.75) is 0 Å². The lowest BCUT2D eigenvalue weighted by atomic mass is 10.2. The smallest absolute Gasteiger partial charge is 0.158 e. The van der Waals surface area contributed by atoms with Crippen LogP contribution in [-0.4, -0.2) is 5.17 Å². The third-order valence-electron chi connectivity index (χ3n) is 2.21. The molecule has 0 saturated carbocycles. The lowest BCUT2D eigenvalue weighted by molar-refractivity contribution is 1.34. The minimum Gasteiger partial charge on any atom is -0.277 e. The summed E-state index contributed by atoms with van der Waals surface area (Å²) in [6, 6.07) is 14.6. The van der Waals surface area contributed by atoms with Gasteiger partial charge in [-0.2, -0.15) is 5.10 Å². The molecule has 1 N–H and O–H groups in total. The first kappa shape index (κ1) is 13.2. The van der Waals surface area contributed by atoms with Gasteiger partial charge in [-0.3, -0.25) is 5.43 Å². The molecule has 2 aromatic carbocycles. The first-order valence-corrected chi connectivity index (χ1v) is 6.30. The Hall–Kier alpha value is -1.22. The number of para-hydroxylation sites is 1. The Labute approximate surface area is 120 Å². The number of rotatable bonds is 3. The predicted octanol–water partition coefficient (Wildman–Crippen LogP) is 5.01. The highest BCUT2D eigenvalue weighted by atomic mass is 35.5. The van der Waals surface area contributed by atoms with E-state index in [0.717, 1.165) is 5.69 Å². The van der Waals surface area contributed by atoms with Crippen LogP contribution in [0.4, 0.5) is 5.69 Å². The van der Waals surface area contributed by atoms with E-state index in [1.165, 1.54) is 0 Å². The molecule has 92 valence electrons. The highest BCUT2D eigenvalue weighted by Crippen LogP contribution is 2.22. The van der Waals surface area contributed by atoms with Gasteiger partial charge in [-0.1, -0.05) is 53.0 Å². The van der Waals surface area contributed by atoms with Gasteiger partial charge < -0.3 is 0 Å². The fraction of sp³-hybridized carbons (Fsp3) is 0. The van der Waals surface area contributed by atoms with Crippen molar-refractivity contribution in [2.75, 3.05) is 5.43 Å². The van der Waals surface area contributed by atoms with E-state index in [2.05, 4.69) is 10.5 Å². The number of halogens is 3. The topological polar surface area (TPSA) is 24.4 Å². The Morgan fingerprint density at radius 3 is 2.39 bits per heavy atom. The monoisotopic (exact) mass is 298 g/mol. The molecule has 18 heavy (non-hydrogen) atoms. The first-order valence-electron chi connectivity index (χ1n) is 5.16. The van der Waals surface area contributed by atoms with E-state index < -0.39 is 0 Å². The Balaban J connectivity index is 2.18. The molecule has 5 heteroatoms. The van der Waals surface area contributed by atoms with Crippen LogP contribution in [0.3, 0.4) is 0 Å². The van der Waals surface area contributed by atoms with Gasteiger partial charge in [-0.15, -0.1) is 0 Å². The number of hydrazone groups is 1. The lowest BCUT2D eigenvalue weighted by Crippen LogP contribution is -1.97. The van der Waals surface area contributed by atoms with Crippen LogP contribution >= 0.6 is 34.8 Å². The molecule has 2 rings (SSSR count). The van der Waals surface area contributed by atoms with Gasteiger partial charge in [0.05, 0.1) is 10.7 Å². The summed E-state index contributed by atoms with van der Waals surface area (Å²) in [6.45, 7) is 0. The van der Waals surface area contributed by atoms with Gasteiger partial charge in [0.15, 0.2) is 5.17 Å². The maximum atomic E-state index is 6.07. The summed E-state index contributed by atoms with van der Waals surface area (Å²) in [5, 5.41) is 5.36. The molecule has 0 aliphatic rings. The third-order valence-corrected chi connectivity index (χ3v) is 3.05. The zero-order valence-electron chi connectivity index (χ0n) is 9.20.